The maximum absolute atomic E-state index is 11.8. The molecule has 0 spiro atoms. The number of nitrogen functional groups attached to an aromatic ring is 1. The summed E-state index contributed by atoms with van der Waals surface area (Å²) in [5, 5.41) is 3.11. The summed E-state index contributed by atoms with van der Waals surface area (Å²) in [7, 11) is -2.11. The zero-order valence-electron chi connectivity index (χ0n) is 10.3. The average molecular weight is 257 g/mol. The van der Waals surface area contributed by atoms with Crippen molar-refractivity contribution in [2.24, 2.45) is 5.92 Å². The third-order valence-electron chi connectivity index (χ3n) is 2.26. The molecule has 0 heterocycles. The molecule has 0 aliphatic rings. The van der Waals surface area contributed by atoms with Crippen LogP contribution < -0.4 is 15.8 Å². The molecule has 6 heteroatoms. The summed E-state index contributed by atoms with van der Waals surface area (Å²) in [6.07, 6.45) is 0. The summed E-state index contributed by atoms with van der Waals surface area (Å²) in [4.78, 5) is 0.181. The second kappa shape index (κ2) is 5.37. The Morgan fingerprint density at radius 1 is 1.35 bits per heavy atom. The Kier molecular flexibility index (Phi) is 4.36. The molecule has 1 aromatic carbocycles. The normalized spacial score (nSPS) is 11.8. The van der Waals surface area contributed by atoms with Gasteiger partial charge in [0.25, 0.3) is 0 Å². The summed E-state index contributed by atoms with van der Waals surface area (Å²) in [6.45, 7) is 4.81. The zero-order valence-corrected chi connectivity index (χ0v) is 11.1. The van der Waals surface area contributed by atoms with E-state index in [0.29, 0.717) is 23.8 Å². The molecule has 5 nitrogen and oxygen atoms in total. The van der Waals surface area contributed by atoms with E-state index in [9.17, 15) is 8.42 Å². The third-order valence-corrected chi connectivity index (χ3v) is 3.72. The Hall–Kier alpha value is -1.27. The van der Waals surface area contributed by atoms with Gasteiger partial charge in [-0.1, -0.05) is 13.8 Å². The maximum atomic E-state index is 11.8. The highest BCUT2D eigenvalue weighted by Crippen LogP contribution is 2.23. The quantitative estimate of drug-likeness (QED) is 0.693. The second-order valence-electron chi connectivity index (χ2n) is 4.24. The summed E-state index contributed by atoms with van der Waals surface area (Å²) >= 11 is 0. The van der Waals surface area contributed by atoms with Gasteiger partial charge in [0.15, 0.2) is 0 Å². The first kappa shape index (κ1) is 13.8. The molecular weight excluding hydrogens is 238 g/mol. The first-order chi connectivity index (χ1) is 7.86. The van der Waals surface area contributed by atoms with Gasteiger partial charge in [-0.15, -0.1) is 0 Å². The number of sulfonamides is 1. The van der Waals surface area contributed by atoms with E-state index in [2.05, 4.69) is 23.9 Å². The molecule has 1 rings (SSSR count). The fourth-order valence-corrected chi connectivity index (χ4v) is 2.27. The molecular formula is C11H19N3O2S. The minimum atomic E-state index is -3.49. The largest absolute Gasteiger partial charge is 0.399 e. The van der Waals surface area contributed by atoms with Crippen LogP contribution in [0, 0.1) is 5.92 Å². The lowest BCUT2D eigenvalue weighted by atomic mass is 10.2. The van der Waals surface area contributed by atoms with Gasteiger partial charge in [-0.2, -0.15) is 0 Å². The van der Waals surface area contributed by atoms with Crippen molar-refractivity contribution in [1.82, 2.24) is 4.72 Å². The first-order valence-electron chi connectivity index (χ1n) is 5.43. The lowest BCUT2D eigenvalue weighted by Gasteiger charge is -2.14. The Balaban J connectivity index is 3.13. The van der Waals surface area contributed by atoms with Gasteiger partial charge in [-0.3, -0.25) is 0 Å². The number of nitrogens with two attached hydrogens (primary N) is 1. The van der Waals surface area contributed by atoms with Crippen LogP contribution in [0.4, 0.5) is 11.4 Å². The van der Waals surface area contributed by atoms with Crippen LogP contribution in [-0.4, -0.2) is 22.0 Å². The Morgan fingerprint density at radius 2 is 2.00 bits per heavy atom. The van der Waals surface area contributed by atoms with Crippen molar-refractivity contribution in [2.75, 3.05) is 24.6 Å². The highest BCUT2D eigenvalue weighted by molar-refractivity contribution is 7.89. The topological polar surface area (TPSA) is 84.2 Å². The summed E-state index contributed by atoms with van der Waals surface area (Å²) in [5.41, 5.74) is 6.61. The number of hydrogen-bond acceptors (Lipinski definition) is 4. The Labute approximate surface area is 102 Å². The van der Waals surface area contributed by atoms with Crippen LogP contribution in [0.2, 0.25) is 0 Å². The van der Waals surface area contributed by atoms with Gasteiger partial charge in [0.2, 0.25) is 10.0 Å². The van der Waals surface area contributed by atoms with Gasteiger partial charge in [0, 0.05) is 12.2 Å². The van der Waals surface area contributed by atoms with Crippen LogP contribution in [-0.2, 0) is 10.0 Å². The molecule has 0 aliphatic heterocycles. The minimum absolute atomic E-state index is 0.181. The molecule has 17 heavy (non-hydrogen) atoms. The first-order valence-corrected chi connectivity index (χ1v) is 6.92. The summed E-state index contributed by atoms with van der Waals surface area (Å²) < 4.78 is 25.9. The highest BCUT2D eigenvalue weighted by atomic mass is 32.2. The van der Waals surface area contributed by atoms with Gasteiger partial charge in [0.1, 0.15) is 4.90 Å². The second-order valence-corrected chi connectivity index (χ2v) is 6.09. The van der Waals surface area contributed by atoms with Crippen LogP contribution in [0.1, 0.15) is 13.8 Å². The van der Waals surface area contributed by atoms with E-state index >= 15 is 0 Å². The number of rotatable bonds is 5. The van der Waals surface area contributed by atoms with Gasteiger partial charge in [0.05, 0.1) is 5.69 Å². The van der Waals surface area contributed by atoms with Crippen LogP contribution >= 0.6 is 0 Å². The fourth-order valence-electron chi connectivity index (χ4n) is 1.33. The molecule has 0 radical (unpaired) electrons. The summed E-state index contributed by atoms with van der Waals surface area (Å²) in [6, 6.07) is 4.81. The molecule has 0 unspecified atom stereocenters. The molecule has 0 amide bonds. The number of anilines is 2. The molecule has 0 aliphatic carbocycles. The van der Waals surface area contributed by atoms with E-state index in [0.717, 1.165) is 0 Å². The van der Waals surface area contributed by atoms with Crippen molar-refractivity contribution in [3.05, 3.63) is 18.2 Å². The predicted octanol–water partition coefficient (Wildman–Crippen LogP) is 1.24. The van der Waals surface area contributed by atoms with Crippen LogP contribution in [0.25, 0.3) is 0 Å². The molecule has 0 fully saturated rings. The number of hydrogen-bond donors (Lipinski definition) is 3. The molecule has 96 valence electrons. The van der Waals surface area contributed by atoms with Crippen LogP contribution in [0.5, 0.6) is 0 Å². The number of benzene rings is 1. The molecule has 0 saturated carbocycles. The van der Waals surface area contributed by atoms with E-state index < -0.39 is 10.0 Å². The molecule has 0 atom stereocenters. The smallest absolute Gasteiger partial charge is 0.242 e. The van der Waals surface area contributed by atoms with E-state index in [1.807, 2.05) is 0 Å². The van der Waals surface area contributed by atoms with Gasteiger partial charge < -0.3 is 11.1 Å². The Morgan fingerprint density at radius 3 is 2.53 bits per heavy atom. The fraction of sp³-hybridized carbons (Fsp3) is 0.455. The summed E-state index contributed by atoms with van der Waals surface area (Å²) in [5.74, 6) is 0.428. The van der Waals surface area contributed by atoms with Crippen molar-refractivity contribution < 1.29 is 8.42 Å². The van der Waals surface area contributed by atoms with Gasteiger partial charge in [-0.05, 0) is 31.2 Å². The minimum Gasteiger partial charge on any atom is -0.399 e. The lowest BCUT2D eigenvalue weighted by Crippen LogP contribution is -2.21. The lowest BCUT2D eigenvalue weighted by molar-refractivity contribution is 0.588. The SMILES string of the molecule is CNS(=O)(=O)c1cc(N)ccc1NCC(C)C. The van der Waals surface area contributed by atoms with Crippen LogP contribution in [0.15, 0.2) is 23.1 Å². The van der Waals surface area contributed by atoms with Crippen molar-refractivity contribution in [3.8, 4) is 0 Å². The molecule has 1 aromatic rings. The Bertz CT molecular complexity index is 483. The van der Waals surface area contributed by atoms with E-state index in [-0.39, 0.29) is 4.90 Å². The molecule has 4 N–H and O–H groups in total. The standard InChI is InChI=1S/C11H19N3O2S/c1-8(2)7-14-10-5-4-9(12)6-11(10)17(15,16)13-3/h4-6,8,13-14H,7,12H2,1-3H3. The maximum Gasteiger partial charge on any atom is 0.242 e. The average Bonchev–Trinajstić information content (AvgIpc) is 2.27. The van der Waals surface area contributed by atoms with Crippen molar-refractivity contribution in [2.45, 2.75) is 18.7 Å². The van der Waals surface area contributed by atoms with Crippen molar-refractivity contribution in [1.29, 1.82) is 0 Å². The van der Waals surface area contributed by atoms with E-state index in [1.165, 1.54) is 13.1 Å². The van der Waals surface area contributed by atoms with E-state index in [1.54, 1.807) is 12.1 Å². The molecule has 0 saturated heterocycles. The highest BCUT2D eigenvalue weighted by Gasteiger charge is 2.16. The van der Waals surface area contributed by atoms with Gasteiger partial charge >= 0.3 is 0 Å². The third kappa shape index (κ3) is 3.61. The monoisotopic (exact) mass is 257 g/mol. The van der Waals surface area contributed by atoms with Crippen LogP contribution in [0.3, 0.4) is 0 Å². The molecule has 0 aromatic heterocycles. The molecule has 0 bridgehead atoms. The predicted molar refractivity (Wildman–Crippen MR) is 70.4 cm³/mol. The van der Waals surface area contributed by atoms with Gasteiger partial charge in [-0.25, -0.2) is 13.1 Å². The van der Waals surface area contributed by atoms with E-state index in [4.69, 9.17) is 5.73 Å². The zero-order chi connectivity index (χ0) is 13.1. The van der Waals surface area contributed by atoms with Crippen molar-refractivity contribution >= 4 is 21.4 Å². The van der Waals surface area contributed by atoms with Crippen molar-refractivity contribution in [3.63, 3.8) is 0 Å². The number of nitrogens with one attached hydrogen (secondary N) is 2.